The van der Waals surface area contributed by atoms with E-state index < -0.39 is 0 Å². The summed E-state index contributed by atoms with van der Waals surface area (Å²) < 4.78 is 0. The normalized spacial score (nSPS) is 17.5. The van der Waals surface area contributed by atoms with E-state index >= 15 is 0 Å². The van der Waals surface area contributed by atoms with Gasteiger partial charge in [-0.15, -0.1) is 12.4 Å². The smallest absolute Gasteiger partial charge is 0.0967 e. The van der Waals surface area contributed by atoms with Gasteiger partial charge in [0.15, 0.2) is 0 Å². The molecule has 2 aromatic rings. The Morgan fingerprint density at radius 3 is 2.58 bits per heavy atom. The third kappa shape index (κ3) is 4.12. The summed E-state index contributed by atoms with van der Waals surface area (Å²) in [4.78, 5) is 4.82. The number of hydrogen-bond acceptors (Lipinski definition) is 2. The Morgan fingerprint density at radius 2 is 1.65 bits per heavy atom. The van der Waals surface area contributed by atoms with Gasteiger partial charge in [-0.25, -0.2) is 0 Å². The van der Waals surface area contributed by atoms with Gasteiger partial charge in [-0.05, 0) is 54.0 Å². The van der Waals surface area contributed by atoms with Crippen molar-refractivity contribution in [3.8, 4) is 11.1 Å². The first-order chi connectivity index (χ1) is 12.3. The Morgan fingerprint density at radius 1 is 0.885 bits per heavy atom. The molecule has 138 valence electrons. The molecule has 1 aliphatic carbocycles. The molecule has 0 amide bonds. The number of rotatable bonds is 2. The summed E-state index contributed by atoms with van der Waals surface area (Å²) in [5.74, 6) is 1.21. The molecular weight excluding hydrogens is 340 g/mol. The fraction of sp³-hybridized carbons (Fsp3) is 0.435. The first-order valence-electron chi connectivity index (χ1n) is 9.82. The topological polar surface area (TPSA) is 24.4 Å². The second kappa shape index (κ2) is 8.73. The minimum atomic E-state index is 0. The number of amidine groups is 1. The zero-order valence-corrected chi connectivity index (χ0v) is 16.4. The highest BCUT2D eigenvalue weighted by Gasteiger charge is 2.19. The Balaban J connectivity index is 0.00000196. The molecule has 3 heteroatoms. The second-order valence-electron chi connectivity index (χ2n) is 7.46. The summed E-state index contributed by atoms with van der Waals surface area (Å²) in [6.07, 6.45) is 8.69. The largest absolute Gasteiger partial charge is 0.367 e. The molecule has 26 heavy (non-hydrogen) atoms. The molecule has 0 saturated carbocycles. The van der Waals surface area contributed by atoms with Crippen LogP contribution in [0.2, 0.25) is 0 Å². The van der Waals surface area contributed by atoms with Crippen molar-refractivity contribution >= 4 is 18.2 Å². The van der Waals surface area contributed by atoms with Crippen LogP contribution in [0.25, 0.3) is 11.1 Å². The van der Waals surface area contributed by atoms with Crippen LogP contribution in [0.1, 0.15) is 68.2 Å². The first kappa shape index (κ1) is 19.0. The molecule has 0 fully saturated rings. The maximum Gasteiger partial charge on any atom is 0.0967 e. The van der Waals surface area contributed by atoms with Crippen molar-refractivity contribution in [1.29, 1.82) is 0 Å². The molecular formula is C23H29ClN2. The van der Waals surface area contributed by atoms with Gasteiger partial charge in [0.2, 0.25) is 0 Å². The summed E-state index contributed by atoms with van der Waals surface area (Å²) in [6.45, 7) is 3.24. The van der Waals surface area contributed by atoms with Crippen molar-refractivity contribution in [1.82, 2.24) is 5.32 Å². The lowest BCUT2D eigenvalue weighted by Gasteiger charge is -2.18. The molecule has 2 aliphatic rings. The van der Waals surface area contributed by atoms with Crippen LogP contribution in [0.3, 0.4) is 0 Å². The summed E-state index contributed by atoms with van der Waals surface area (Å²) in [5, 5.41) is 3.69. The maximum absolute atomic E-state index is 4.82. The van der Waals surface area contributed by atoms with Gasteiger partial charge in [-0.3, -0.25) is 4.99 Å². The van der Waals surface area contributed by atoms with Crippen LogP contribution >= 0.6 is 12.4 Å². The Bertz CT molecular complexity index is 782. The van der Waals surface area contributed by atoms with Crippen LogP contribution in [0.4, 0.5) is 0 Å². The van der Waals surface area contributed by atoms with E-state index in [0.717, 1.165) is 19.4 Å². The zero-order chi connectivity index (χ0) is 17.1. The van der Waals surface area contributed by atoms with Gasteiger partial charge in [0.1, 0.15) is 0 Å². The van der Waals surface area contributed by atoms with Crippen molar-refractivity contribution in [3.05, 3.63) is 59.2 Å². The highest BCUT2D eigenvalue weighted by molar-refractivity contribution is 5.85. The number of nitrogens with zero attached hydrogens (tertiary/aromatic N) is 1. The van der Waals surface area contributed by atoms with Gasteiger partial charge in [-0.1, -0.05) is 61.7 Å². The van der Waals surface area contributed by atoms with Crippen LogP contribution in [0, 0.1) is 0 Å². The molecule has 0 saturated heterocycles. The number of aliphatic imine (C=N–C) groups is 1. The summed E-state index contributed by atoms with van der Waals surface area (Å²) in [5.41, 5.74) is 7.10. The molecule has 0 radical (unpaired) electrons. The lowest BCUT2D eigenvalue weighted by atomic mass is 10.00. The lowest BCUT2D eigenvalue weighted by Crippen LogP contribution is -2.27. The van der Waals surface area contributed by atoms with E-state index in [-0.39, 0.29) is 12.4 Å². The van der Waals surface area contributed by atoms with Gasteiger partial charge < -0.3 is 5.32 Å². The highest BCUT2D eigenvalue weighted by Crippen LogP contribution is 2.37. The first-order valence-corrected chi connectivity index (χ1v) is 9.82. The molecule has 1 heterocycles. The summed E-state index contributed by atoms with van der Waals surface area (Å²) in [6, 6.07) is 16.1. The van der Waals surface area contributed by atoms with Crippen molar-refractivity contribution in [2.75, 3.05) is 6.54 Å². The van der Waals surface area contributed by atoms with Crippen LogP contribution in [-0.2, 0) is 6.42 Å². The lowest BCUT2D eigenvalue weighted by molar-refractivity contribution is 0.636. The predicted octanol–water partition coefficient (Wildman–Crippen LogP) is 6.08. The molecule has 0 spiro atoms. The standard InChI is InChI=1S/C23H28N2.ClH/c1-17(25-23-11-5-3-2-4-8-14-24-23)18-12-13-22-20(15-18)16-19-9-6-7-10-21(19)22;/h6-7,9-10,12-13,15,17H,2-5,8,11,14,16H2,1H3,(H,24,25);1H. The quantitative estimate of drug-likeness (QED) is 0.582. The Hall–Kier alpha value is -1.80. The minimum absolute atomic E-state index is 0. The van der Waals surface area contributed by atoms with Crippen molar-refractivity contribution in [2.45, 2.75) is 57.9 Å². The van der Waals surface area contributed by atoms with Gasteiger partial charge in [0.05, 0.1) is 5.84 Å². The van der Waals surface area contributed by atoms with Crippen molar-refractivity contribution < 1.29 is 0 Å². The van der Waals surface area contributed by atoms with E-state index in [1.807, 2.05) is 0 Å². The number of nitrogens with one attached hydrogen (secondary N) is 1. The Kier molecular flexibility index (Phi) is 6.37. The predicted molar refractivity (Wildman–Crippen MR) is 113 cm³/mol. The van der Waals surface area contributed by atoms with Crippen molar-refractivity contribution in [2.24, 2.45) is 4.99 Å². The number of fused-ring (bicyclic) bond motifs is 3. The van der Waals surface area contributed by atoms with E-state index in [9.17, 15) is 0 Å². The molecule has 0 aromatic heterocycles. The van der Waals surface area contributed by atoms with Crippen LogP contribution in [-0.4, -0.2) is 12.4 Å². The van der Waals surface area contributed by atoms with Crippen LogP contribution in [0.15, 0.2) is 47.5 Å². The number of hydrogen-bond donors (Lipinski definition) is 1. The molecule has 0 bridgehead atoms. The molecule has 1 N–H and O–H groups in total. The van der Waals surface area contributed by atoms with Crippen LogP contribution in [0.5, 0.6) is 0 Å². The molecule has 2 nitrogen and oxygen atoms in total. The van der Waals surface area contributed by atoms with E-state index in [1.54, 1.807) is 0 Å². The number of halogens is 1. The Labute approximate surface area is 163 Å². The van der Waals surface area contributed by atoms with Gasteiger partial charge in [-0.2, -0.15) is 0 Å². The number of benzene rings is 2. The second-order valence-corrected chi connectivity index (χ2v) is 7.46. The third-order valence-electron chi connectivity index (χ3n) is 5.58. The van der Waals surface area contributed by atoms with E-state index in [1.165, 1.54) is 65.8 Å². The van der Waals surface area contributed by atoms with Gasteiger partial charge >= 0.3 is 0 Å². The van der Waals surface area contributed by atoms with Crippen LogP contribution < -0.4 is 5.32 Å². The van der Waals surface area contributed by atoms with E-state index in [4.69, 9.17) is 4.99 Å². The van der Waals surface area contributed by atoms with Crippen molar-refractivity contribution in [3.63, 3.8) is 0 Å². The fourth-order valence-electron chi connectivity index (χ4n) is 4.11. The molecule has 1 unspecified atom stereocenters. The third-order valence-corrected chi connectivity index (χ3v) is 5.58. The van der Waals surface area contributed by atoms with Gasteiger partial charge in [0.25, 0.3) is 0 Å². The molecule has 1 aliphatic heterocycles. The minimum Gasteiger partial charge on any atom is -0.367 e. The van der Waals surface area contributed by atoms with Gasteiger partial charge in [0, 0.05) is 19.0 Å². The summed E-state index contributed by atoms with van der Waals surface area (Å²) >= 11 is 0. The average molecular weight is 369 g/mol. The molecule has 4 rings (SSSR count). The SMILES string of the molecule is CC(NC1=NCCCCCCC1)c1ccc2c(c1)Cc1ccccc1-2.Cl. The summed E-state index contributed by atoms with van der Waals surface area (Å²) in [7, 11) is 0. The monoisotopic (exact) mass is 368 g/mol. The maximum atomic E-state index is 4.82. The highest BCUT2D eigenvalue weighted by atomic mass is 35.5. The van der Waals surface area contributed by atoms with E-state index in [2.05, 4.69) is 54.7 Å². The fourth-order valence-corrected chi connectivity index (χ4v) is 4.11. The molecule has 1 atom stereocenters. The molecule has 2 aromatic carbocycles. The van der Waals surface area contributed by atoms with E-state index in [0.29, 0.717) is 6.04 Å². The average Bonchev–Trinajstić information content (AvgIpc) is 3.05. The zero-order valence-electron chi connectivity index (χ0n) is 15.6.